The number of fused-ring (bicyclic) bond motifs is 3. The predicted octanol–water partition coefficient (Wildman–Crippen LogP) is 15.2. The third-order valence-electron chi connectivity index (χ3n) is 12.2. The van der Waals surface area contributed by atoms with E-state index in [9.17, 15) is 0 Å². The summed E-state index contributed by atoms with van der Waals surface area (Å²) in [4.78, 5) is 0. The summed E-state index contributed by atoms with van der Waals surface area (Å²) in [6.45, 7) is 17.5. The molecule has 3 heterocycles. The van der Waals surface area contributed by atoms with E-state index in [1.807, 2.05) is 48.5 Å². The first-order valence-electron chi connectivity index (χ1n) is 22.6. The van der Waals surface area contributed by atoms with Crippen molar-refractivity contribution in [3.63, 3.8) is 0 Å². The zero-order valence-corrected chi connectivity index (χ0v) is 38.6. The SMILES string of the molecule is CC(C)C#Cc1ccc(-n2c3ccc(-c4ccc(-c5nnc(-c6ccc(C(C)(C)C)cc6)o5)cc4)cc3c3cc(-c4ccc(-c5nnc(-c6ccc(C(C)(C)C)cc6)o5)cc4)ccc32)cc1. The zero-order valence-electron chi connectivity index (χ0n) is 38.6. The van der Waals surface area contributed by atoms with Crippen molar-refractivity contribution >= 4 is 21.8 Å². The monoisotopic (exact) mass is 861 g/mol. The summed E-state index contributed by atoms with van der Waals surface area (Å²) in [6.07, 6.45) is 0. The zero-order chi connectivity index (χ0) is 45.7. The molecule has 324 valence electrons. The first-order chi connectivity index (χ1) is 31.7. The molecule has 0 radical (unpaired) electrons. The maximum Gasteiger partial charge on any atom is 0.248 e. The van der Waals surface area contributed by atoms with Crippen LogP contribution in [0.4, 0.5) is 0 Å². The van der Waals surface area contributed by atoms with Crippen LogP contribution in [0.15, 0.2) is 167 Å². The number of hydrogen-bond acceptors (Lipinski definition) is 6. The molecule has 0 amide bonds. The standard InChI is InChI=1S/C59H51N5O2/c1-37(2)9-10-38-11-31-49(32-12-38)64-52-33-25-45(39-13-17-41(18-14-39)54-60-62-56(65-54)43-21-27-47(28-22-43)58(3,4)5)35-50(52)51-36-46(26-34-53(51)64)40-15-19-42(20-16-40)55-61-63-57(66-55)44-23-29-48(30-24-44)59(6,7)8/h11-37H,1-8H3. The lowest BCUT2D eigenvalue weighted by Crippen LogP contribution is -2.10. The van der Waals surface area contributed by atoms with Gasteiger partial charge in [-0.2, -0.15) is 0 Å². The van der Waals surface area contributed by atoms with Crippen molar-refractivity contribution in [1.82, 2.24) is 25.0 Å². The highest BCUT2D eigenvalue weighted by Crippen LogP contribution is 2.38. The van der Waals surface area contributed by atoms with E-state index >= 15 is 0 Å². The molecule has 0 aliphatic carbocycles. The average molecular weight is 862 g/mol. The fraction of sp³-hybridized carbons (Fsp3) is 0.186. The van der Waals surface area contributed by atoms with Crippen molar-refractivity contribution in [2.24, 2.45) is 5.92 Å². The lowest BCUT2D eigenvalue weighted by Gasteiger charge is -2.18. The second-order valence-electron chi connectivity index (χ2n) is 19.4. The van der Waals surface area contributed by atoms with Gasteiger partial charge in [-0.05, 0) is 141 Å². The van der Waals surface area contributed by atoms with Gasteiger partial charge in [-0.15, -0.1) is 20.4 Å². The van der Waals surface area contributed by atoms with Crippen LogP contribution in [0.2, 0.25) is 0 Å². The van der Waals surface area contributed by atoms with Crippen molar-refractivity contribution in [3.8, 4) is 85.6 Å². The van der Waals surface area contributed by atoms with Crippen molar-refractivity contribution in [1.29, 1.82) is 0 Å². The number of benzene rings is 7. The van der Waals surface area contributed by atoms with Gasteiger partial charge in [0.1, 0.15) is 0 Å². The highest BCUT2D eigenvalue weighted by Gasteiger charge is 2.19. The molecule has 0 unspecified atom stereocenters. The van der Waals surface area contributed by atoms with Crippen molar-refractivity contribution in [2.75, 3.05) is 0 Å². The highest BCUT2D eigenvalue weighted by molar-refractivity contribution is 6.11. The summed E-state index contributed by atoms with van der Waals surface area (Å²) in [5, 5.41) is 19.9. The van der Waals surface area contributed by atoms with Gasteiger partial charge in [0, 0.05) is 50.2 Å². The van der Waals surface area contributed by atoms with Crippen LogP contribution in [-0.2, 0) is 10.8 Å². The Kier molecular flexibility index (Phi) is 10.6. The molecule has 0 N–H and O–H groups in total. The maximum atomic E-state index is 6.17. The van der Waals surface area contributed by atoms with Crippen LogP contribution in [0.25, 0.3) is 95.6 Å². The minimum atomic E-state index is 0.0675. The first-order valence-corrected chi connectivity index (χ1v) is 22.6. The number of rotatable bonds is 7. The van der Waals surface area contributed by atoms with Crippen LogP contribution < -0.4 is 0 Å². The Balaban J connectivity index is 0.975. The van der Waals surface area contributed by atoms with Crippen LogP contribution in [0.3, 0.4) is 0 Å². The third-order valence-corrected chi connectivity index (χ3v) is 12.2. The van der Waals surface area contributed by atoms with Gasteiger partial charge in [0.05, 0.1) is 11.0 Å². The molecule has 0 saturated carbocycles. The summed E-state index contributed by atoms with van der Waals surface area (Å²) in [7, 11) is 0. The van der Waals surface area contributed by atoms with E-state index in [0.717, 1.165) is 77.6 Å². The second kappa shape index (κ2) is 16.6. The van der Waals surface area contributed by atoms with E-state index < -0.39 is 0 Å². The van der Waals surface area contributed by atoms with Gasteiger partial charge in [0.15, 0.2) is 0 Å². The van der Waals surface area contributed by atoms with Crippen LogP contribution in [-0.4, -0.2) is 25.0 Å². The van der Waals surface area contributed by atoms with Gasteiger partial charge in [0.2, 0.25) is 23.6 Å². The van der Waals surface area contributed by atoms with E-state index in [0.29, 0.717) is 29.5 Å². The average Bonchev–Trinajstić information content (AvgIpc) is 4.10. The maximum absolute atomic E-state index is 6.17. The first kappa shape index (κ1) is 42.1. The largest absolute Gasteiger partial charge is 0.416 e. The molecule has 7 nitrogen and oxygen atoms in total. The molecular weight excluding hydrogens is 811 g/mol. The number of nitrogens with zero attached hydrogens (tertiary/aromatic N) is 5. The fourth-order valence-electron chi connectivity index (χ4n) is 8.33. The normalized spacial score (nSPS) is 12.0. The molecule has 0 aliphatic rings. The predicted molar refractivity (Wildman–Crippen MR) is 268 cm³/mol. The van der Waals surface area contributed by atoms with E-state index in [1.54, 1.807) is 0 Å². The summed E-state index contributed by atoms with van der Waals surface area (Å²) in [5.41, 5.74) is 14.9. The number of aromatic nitrogens is 5. The molecule has 7 heteroatoms. The molecule has 0 bridgehead atoms. The van der Waals surface area contributed by atoms with Crippen LogP contribution in [0, 0.1) is 17.8 Å². The molecular formula is C59H51N5O2. The molecule has 10 rings (SSSR count). The summed E-state index contributed by atoms with van der Waals surface area (Å²) < 4.78 is 14.7. The smallest absolute Gasteiger partial charge is 0.248 e. The van der Waals surface area contributed by atoms with Gasteiger partial charge >= 0.3 is 0 Å². The minimum Gasteiger partial charge on any atom is -0.416 e. The second-order valence-corrected chi connectivity index (χ2v) is 19.4. The fourth-order valence-corrected chi connectivity index (χ4v) is 8.33. The van der Waals surface area contributed by atoms with Gasteiger partial charge in [-0.3, -0.25) is 0 Å². The quantitative estimate of drug-likeness (QED) is 0.148. The molecule has 3 aromatic heterocycles. The molecule has 7 aromatic carbocycles. The van der Waals surface area contributed by atoms with Crippen LogP contribution >= 0.6 is 0 Å². The lowest BCUT2D eigenvalue weighted by molar-refractivity contribution is 0.582. The van der Waals surface area contributed by atoms with Crippen LogP contribution in [0.1, 0.15) is 72.1 Å². The minimum absolute atomic E-state index is 0.0675. The Morgan fingerprint density at radius 2 is 0.742 bits per heavy atom. The lowest BCUT2D eigenvalue weighted by atomic mass is 9.87. The Morgan fingerprint density at radius 3 is 1.09 bits per heavy atom. The van der Waals surface area contributed by atoms with Crippen molar-refractivity contribution in [3.05, 3.63) is 174 Å². The molecule has 0 atom stereocenters. The Morgan fingerprint density at radius 1 is 0.409 bits per heavy atom. The summed E-state index contributed by atoms with van der Waals surface area (Å²) >= 11 is 0. The molecule has 0 fully saturated rings. The van der Waals surface area contributed by atoms with Crippen molar-refractivity contribution in [2.45, 2.75) is 66.2 Å². The summed E-state index contributed by atoms with van der Waals surface area (Å²) in [6, 6.07) is 55.4. The number of hydrogen-bond donors (Lipinski definition) is 0. The van der Waals surface area contributed by atoms with Gasteiger partial charge in [0.25, 0.3) is 0 Å². The van der Waals surface area contributed by atoms with Gasteiger partial charge < -0.3 is 13.4 Å². The Hall–Kier alpha value is -7.82. The molecule has 66 heavy (non-hydrogen) atoms. The van der Waals surface area contributed by atoms with Crippen LogP contribution in [0.5, 0.6) is 0 Å². The topological polar surface area (TPSA) is 82.8 Å². The van der Waals surface area contributed by atoms with E-state index in [1.165, 1.54) is 11.1 Å². The molecule has 0 aliphatic heterocycles. The van der Waals surface area contributed by atoms with Gasteiger partial charge in [-0.1, -0.05) is 128 Å². The Labute approximate surface area is 386 Å². The summed E-state index contributed by atoms with van der Waals surface area (Å²) in [5.74, 6) is 8.89. The van der Waals surface area contributed by atoms with Gasteiger partial charge in [-0.25, -0.2) is 0 Å². The Bertz CT molecular complexity index is 3220. The van der Waals surface area contributed by atoms with E-state index in [-0.39, 0.29) is 10.8 Å². The molecule has 10 aromatic rings. The highest BCUT2D eigenvalue weighted by atomic mass is 16.4. The van der Waals surface area contributed by atoms with E-state index in [2.05, 4.69) is 201 Å². The molecule has 0 spiro atoms. The van der Waals surface area contributed by atoms with Crippen molar-refractivity contribution < 1.29 is 8.83 Å². The van der Waals surface area contributed by atoms with E-state index in [4.69, 9.17) is 8.83 Å². The molecule has 0 saturated heterocycles. The third kappa shape index (κ3) is 8.34.